The minimum absolute atomic E-state index is 0.279. The Morgan fingerprint density at radius 1 is 1.31 bits per heavy atom. The van der Waals surface area contributed by atoms with Gasteiger partial charge in [0.25, 0.3) is 0 Å². The largest absolute Gasteiger partial charge is 0.395 e. The van der Waals surface area contributed by atoms with Crippen LogP contribution < -0.4 is 0 Å². The molecule has 0 atom stereocenters. The van der Waals surface area contributed by atoms with Gasteiger partial charge >= 0.3 is 0 Å². The minimum atomic E-state index is 0.279. The molecule has 0 saturated carbocycles. The maximum atomic E-state index is 8.89. The Morgan fingerprint density at radius 3 is 2.69 bits per heavy atom. The summed E-state index contributed by atoms with van der Waals surface area (Å²) in [5, 5.41) is 8.89. The second-order valence-corrected chi connectivity index (χ2v) is 5.31. The van der Waals surface area contributed by atoms with Gasteiger partial charge in [0.2, 0.25) is 0 Å². The SMILES string of the molecule is OCCN1CCC(c2cccc(Br)c2)CC1. The second-order valence-electron chi connectivity index (χ2n) is 4.39. The molecule has 0 spiro atoms. The Balaban J connectivity index is 1.94. The van der Waals surface area contributed by atoms with Gasteiger partial charge in [-0.15, -0.1) is 0 Å². The topological polar surface area (TPSA) is 23.5 Å². The molecule has 0 unspecified atom stereocenters. The maximum Gasteiger partial charge on any atom is 0.0558 e. The molecular weight excluding hydrogens is 266 g/mol. The smallest absolute Gasteiger partial charge is 0.0558 e. The van der Waals surface area contributed by atoms with Gasteiger partial charge in [0.05, 0.1) is 6.61 Å². The number of halogens is 1. The molecule has 1 fully saturated rings. The van der Waals surface area contributed by atoms with E-state index in [1.165, 1.54) is 22.9 Å². The molecule has 0 amide bonds. The number of likely N-dealkylation sites (tertiary alicyclic amines) is 1. The van der Waals surface area contributed by atoms with Crippen molar-refractivity contribution in [2.24, 2.45) is 0 Å². The van der Waals surface area contributed by atoms with Gasteiger partial charge in [0.15, 0.2) is 0 Å². The summed E-state index contributed by atoms with van der Waals surface area (Å²) in [7, 11) is 0. The van der Waals surface area contributed by atoms with Gasteiger partial charge in [-0.1, -0.05) is 28.1 Å². The van der Waals surface area contributed by atoms with Crippen LogP contribution in [0.3, 0.4) is 0 Å². The van der Waals surface area contributed by atoms with Gasteiger partial charge < -0.3 is 10.0 Å². The second kappa shape index (κ2) is 5.80. The Labute approximate surface area is 105 Å². The van der Waals surface area contributed by atoms with Gasteiger partial charge in [-0.05, 0) is 49.5 Å². The standard InChI is InChI=1S/C13H18BrNO/c14-13-3-1-2-12(10-13)11-4-6-15(7-5-11)8-9-16/h1-3,10-11,16H,4-9H2. The average Bonchev–Trinajstić information content (AvgIpc) is 2.30. The van der Waals surface area contributed by atoms with E-state index < -0.39 is 0 Å². The van der Waals surface area contributed by atoms with Gasteiger partial charge in [0, 0.05) is 11.0 Å². The minimum Gasteiger partial charge on any atom is -0.395 e. The number of β-amino-alcohol motifs (C(OH)–C–C–N with tert-alkyl or cyclic N) is 1. The molecule has 1 aliphatic heterocycles. The van der Waals surface area contributed by atoms with E-state index in [0.29, 0.717) is 5.92 Å². The highest BCUT2D eigenvalue weighted by Gasteiger charge is 2.19. The van der Waals surface area contributed by atoms with Crippen molar-refractivity contribution in [3.8, 4) is 0 Å². The molecule has 2 nitrogen and oxygen atoms in total. The van der Waals surface area contributed by atoms with Crippen molar-refractivity contribution in [2.45, 2.75) is 18.8 Å². The van der Waals surface area contributed by atoms with Gasteiger partial charge in [-0.3, -0.25) is 0 Å². The van der Waals surface area contributed by atoms with Crippen LogP contribution in [0.15, 0.2) is 28.7 Å². The van der Waals surface area contributed by atoms with Crippen LogP contribution in [0.5, 0.6) is 0 Å². The van der Waals surface area contributed by atoms with Crippen LogP contribution >= 0.6 is 15.9 Å². The first-order valence-electron chi connectivity index (χ1n) is 5.88. The Bertz CT molecular complexity index is 334. The van der Waals surface area contributed by atoms with Crippen molar-refractivity contribution < 1.29 is 5.11 Å². The zero-order chi connectivity index (χ0) is 11.4. The number of benzene rings is 1. The number of piperidine rings is 1. The van der Waals surface area contributed by atoms with Crippen molar-refractivity contribution in [3.05, 3.63) is 34.3 Å². The molecule has 2 rings (SSSR count). The normalized spacial score (nSPS) is 18.9. The van der Waals surface area contributed by atoms with Crippen molar-refractivity contribution in [3.63, 3.8) is 0 Å². The van der Waals surface area contributed by atoms with E-state index >= 15 is 0 Å². The lowest BCUT2D eigenvalue weighted by Gasteiger charge is -2.31. The van der Waals surface area contributed by atoms with Crippen LogP contribution in [0.2, 0.25) is 0 Å². The predicted molar refractivity (Wildman–Crippen MR) is 69.6 cm³/mol. The van der Waals surface area contributed by atoms with Crippen LogP contribution in [-0.4, -0.2) is 36.2 Å². The lowest BCUT2D eigenvalue weighted by molar-refractivity contribution is 0.164. The van der Waals surface area contributed by atoms with Crippen LogP contribution in [0.1, 0.15) is 24.3 Å². The van der Waals surface area contributed by atoms with E-state index in [4.69, 9.17) is 5.11 Å². The van der Waals surface area contributed by atoms with Crippen molar-refractivity contribution in [2.75, 3.05) is 26.2 Å². The summed E-state index contributed by atoms with van der Waals surface area (Å²) >= 11 is 3.52. The zero-order valence-electron chi connectivity index (χ0n) is 9.40. The Kier molecular flexibility index (Phi) is 4.38. The molecule has 1 aliphatic rings. The first-order chi connectivity index (χ1) is 7.79. The fourth-order valence-electron chi connectivity index (χ4n) is 2.39. The molecule has 0 aromatic heterocycles. The monoisotopic (exact) mass is 283 g/mol. The van der Waals surface area contributed by atoms with Crippen LogP contribution in [0, 0.1) is 0 Å². The third-order valence-corrected chi connectivity index (χ3v) is 3.82. The number of nitrogens with zero attached hydrogens (tertiary/aromatic N) is 1. The van der Waals surface area contributed by atoms with Gasteiger partial charge in [-0.2, -0.15) is 0 Å². The van der Waals surface area contributed by atoms with Gasteiger partial charge in [0.1, 0.15) is 0 Å². The molecule has 0 aliphatic carbocycles. The maximum absolute atomic E-state index is 8.89. The molecule has 88 valence electrons. The molecule has 1 N–H and O–H groups in total. The lowest BCUT2D eigenvalue weighted by atomic mass is 9.89. The van der Waals surface area contributed by atoms with E-state index in [1.54, 1.807) is 0 Å². The summed E-state index contributed by atoms with van der Waals surface area (Å²) in [6.07, 6.45) is 2.41. The third kappa shape index (κ3) is 3.06. The first-order valence-corrected chi connectivity index (χ1v) is 6.67. The quantitative estimate of drug-likeness (QED) is 0.922. The van der Waals surface area contributed by atoms with Crippen molar-refractivity contribution in [1.82, 2.24) is 4.90 Å². The van der Waals surface area contributed by atoms with Gasteiger partial charge in [-0.25, -0.2) is 0 Å². The fourth-order valence-corrected chi connectivity index (χ4v) is 2.81. The summed E-state index contributed by atoms with van der Waals surface area (Å²) in [5.74, 6) is 0.687. The highest BCUT2D eigenvalue weighted by Crippen LogP contribution is 2.29. The van der Waals surface area contributed by atoms with E-state index in [0.717, 1.165) is 19.6 Å². The molecule has 3 heteroatoms. The van der Waals surface area contributed by atoms with Crippen molar-refractivity contribution in [1.29, 1.82) is 0 Å². The highest BCUT2D eigenvalue weighted by atomic mass is 79.9. The number of aliphatic hydroxyl groups is 1. The fraction of sp³-hybridized carbons (Fsp3) is 0.538. The molecule has 1 saturated heterocycles. The summed E-state index contributed by atoms with van der Waals surface area (Å²) < 4.78 is 1.17. The van der Waals surface area contributed by atoms with Crippen molar-refractivity contribution >= 4 is 15.9 Å². The number of hydrogen-bond acceptors (Lipinski definition) is 2. The Morgan fingerprint density at radius 2 is 2.06 bits per heavy atom. The van der Waals surface area contributed by atoms with Crippen LogP contribution in [0.4, 0.5) is 0 Å². The summed E-state index contributed by atoms with van der Waals surface area (Å²) in [6.45, 7) is 3.32. The molecule has 1 aromatic rings. The van der Waals surface area contributed by atoms with Crippen LogP contribution in [-0.2, 0) is 0 Å². The van der Waals surface area contributed by atoms with Crippen LogP contribution in [0.25, 0.3) is 0 Å². The number of aliphatic hydroxyl groups excluding tert-OH is 1. The van der Waals surface area contributed by atoms with E-state index in [-0.39, 0.29) is 6.61 Å². The summed E-state index contributed by atoms with van der Waals surface area (Å²) in [4.78, 5) is 2.34. The first kappa shape index (κ1) is 12.1. The lowest BCUT2D eigenvalue weighted by Crippen LogP contribution is -2.34. The molecule has 0 bridgehead atoms. The summed E-state index contributed by atoms with van der Waals surface area (Å²) in [6, 6.07) is 8.63. The molecular formula is C13H18BrNO. The summed E-state index contributed by atoms with van der Waals surface area (Å²) in [5.41, 5.74) is 1.44. The number of hydrogen-bond donors (Lipinski definition) is 1. The third-order valence-electron chi connectivity index (χ3n) is 3.32. The zero-order valence-corrected chi connectivity index (χ0v) is 11.0. The predicted octanol–water partition coefficient (Wildman–Crippen LogP) is 2.62. The highest BCUT2D eigenvalue weighted by molar-refractivity contribution is 9.10. The van der Waals surface area contributed by atoms with E-state index in [2.05, 4.69) is 45.1 Å². The molecule has 16 heavy (non-hydrogen) atoms. The average molecular weight is 284 g/mol. The Hall–Kier alpha value is -0.380. The number of rotatable bonds is 3. The molecule has 1 aromatic carbocycles. The van der Waals surface area contributed by atoms with E-state index in [9.17, 15) is 0 Å². The molecule has 0 radical (unpaired) electrons. The van der Waals surface area contributed by atoms with E-state index in [1.807, 2.05) is 0 Å². The molecule has 1 heterocycles.